The van der Waals surface area contributed by atoms with Gasteiger partial charge in [0.1, 0.15) is 28.8 Å². The lowest BCUT2D eigenvalue weighted by atomic mass is 9.89. The summed E-state index contributed by atoms with van der Waals surface area (Å²) in [4.78, 5) is 14.2. The molecular formula is C22H27ClN4OS. The first kappa shape index (κ1) is 20.4. The highest BCUT2D eigenvalue weighted by Crippen LogP contribution is 2.39. The van der Waals surface area contributed by atoms with Crippen LogP contribution in [0, 0.1) is 5.92 Å². The van der Waals surface area contributed by atoms with Crippen LogP contribution in [0.15, 0.2) is 24.3 Å². The van der Waals surface area contributed by atoms with Gasteiger partial charge < -0.3 is 15.4 Å². The van der Waals surface area contributed by atoms with E-state index >= 15 is 0 Å². The lowest BCUT2D eigenvalue weighted by Crippen LogP contribution is -2.27. The van der Waals surface area contributed by atoms with Gasteiger partial charge in [0.2, 0.25) is 0 Å². The molecule has 29 heavy (non-hydrogen) atoms. The number of benzene rings is 1. The number of nitrogens with two attached hydrogens (primary N) is 1. The van der Waals surface area contributed by atoms with E-state index in [1.807, 2.05) is 24.3 Å². The maximum absolute atomic E-state index is 6.33. The Morgan fingerprint density at radius 2 is 2.03 bits per heavy atom. The number of fused-ring (bicyclic) bond motifs is 3. The Bertz CT molecular complexity index is 989. The summed E-state index contributed by atoms with van der Waals surface area (Å²) < 4.78 is 5.77. The van der Waals surface area contributed by atoms with Gasteiger partial charge in [-0.2, -0.15) is 0 Å². The molecule has 1 aliphatic carbocycles. The summed E-state index contributed by atoms with van der Waals surface area (Å²) in [5.74, 6) is 3.05. The second kappa shape index (κ2) is 8.86. The summed E-state index contributed by atoms with van der Waals surface area (Å²) in [5.41, 5.74) is 7.73. The number of hydrogen-bond donors (Lipinski definition) is 1. The molecule has 0 aliphatic heterocycles. The molecule has 1 aliphatic rings. The molecule has 0 saturated carbocycles. The molecule has 2 N–H and O–H groups in total. The Morgan fingerprint density at radius 1 is 1.24 bits per heavy atom. The van der Waals surface area contributed by atoms with Crippen molar-refractivity contribution in [1.29, 1.82) is 0 Å². The molecule has 4 rings (SSSR count). The summed E-state index contributed by atoms with van der Waals surface area (Å²) in [7, 11) is 2.08. The van der Waals surface area contributed by atoms with E-state index in [9.17, 15) is 0 Å². The highest BCUT2D eigenvalue weighted by Gasteiger charge is 2.23. The van der Waals surface area contributed by atoms with E-state index in [0.717, 1.165) is 60.1 Å². The zero-order chi connectivity index (χ0) is 20.4. The van der Waals surface area contributed by atoms with Gasteiger partial charge in [-0.1, -0.05) is 18.5 Å². The normalized spacial score (nSPS) is 16.3. The van der Waals surface area contributed by atoms with Crippen LogP contribution in [0.5, 0.6) is 5.75 Å². The number of rotatable bonds is 7. The molecular weight excluding hydrogens is 404 g/mol. The van der Waals surface area contributed by atoms with Crippen LogP contribution in [-0.4, -0.2) is 41.6 Å². The Kier molecular flexibility index (Phi) is 6.23. The largest absolute Gasteiger partial charge is 0.492 e. The Labute approximate surface area is 180 Å². The van der Waals surface area contributed by atoms with Crippen LogP contribution >= 0.6 is 22.9 Å². The third-order valence-corrected chi connectivity index (χ3v) is 6.90. The highest BCUT2D eigenvalue weighted by atomic mass is 35.5. The lowest BCUT2D eigenvalue weighted by molar-refractivity contribution is 0.238. The van der Waals surface area contributed by atoms with Gasteiger partial charge >= 0.3 is 0 Å². The third kappa shape index (κ3) is 4.82. The zero-order valence-electron chi connectivity index (χ0n) is 16.9. The number of hydrogen-bond acceptors (Lipinski definition) is 6. The fourth-order valence-electron chi connectivity index (χ4n) is 3.78. The SMILES string of the molecule is C[C@H]1CCc2c(sc3nc(CCN(C)CCOc4ccc(Cl)cc4)nc(N)c23)C1. The maximum Gasteiger partial charge on any atom is 0.136 e. The van der Waals surface area contributed by atoms with Gasteiger partial charge in [-0.3, -0.25) is 0 Å². The summed E-state index contributed by atoms with van der Waals surface area (Å²) in [6.45, 7) is 4.62. The van der Waals surface area contributed by atoms with E-state index in [2.05, 4.69) is 23.9 Å². The molecule has 1 aromatic carbocycles. The number of aryl methyl sites for hydroxylation is 1. The van der Waals surface area contributed by atoms with Crippen molar-refractivity contribution < 1.29 is 4.74 Å². The van der Waals surface area contributed by atoms with Crippen molar-refractivity contribution in [3.63, 3.8) is 0 Å². The fourth-order valence-corrected chi connectivity index (χ4v) is 5.32. The molecule has 2 heterocycles. The van der Waals surface area contributed by atoms with Crippen molar-refractivity contribution in [2.75, 3.05) is 32.5 Å². The van der Waals surface area contributed by atoms with Crippen LogP contribution in [-0.2, 0) is 19.3 Å². The van der Waals surface area contributed by atoms with Crippen LogP contribution in [0.2, 0.25) is 5.02 Å². The smallest absolute Gasteiger partial charge is 0.136 e. The minimum atomic E-state index is 0.621. The second-order valence-electron chi connectivity index (χ2n) is 7.91. The predicted octanol–water partition coefficient (Wildman–Crippen LogP) is 4.61. The number of anilines is 1. The quantitative estimate of drug-likeness (QED) is 0.593. The van der Waals surface area contributed by atoms with Crippen molar-refractivity contribution in [3.05, 3.63) is 45.6 Å². The van der Waals surface area contributed by atoms with E-state index in [0.29, 0.717) is 17.4 Å². The summed E-state index contributed by atoms with van der Waals surface area (Å²) in [5, 5.41) is 1.82. The average molecular weight is 431 g/mol. The minimum absolute atomic E-state index is 0.621. The number of thiophene rings is 1. The minimum Gasteiger partial charge on any atom is -0.492 e. The van der Waals surface area contributed by atoms with Crippen molar-refractivity contribution >= 4 is 39.0 Å². The molecule has 0 fully saturated rings. The molecule has 3 aromatic rings. The number of likely N-dealkylation sites (N-methyl/N-ethyl adjacent to an activating group) is 1. The summed E-state index contributed by atoms with van der Waals surface area (Å²) in [6, 6.07) is 7.44. The van der Waals surface area contributed by atoms with Crippen molar-refractivity contribution in [2.45, 2.75) is 32.6 Å². The first-order chi connectivity index (χ1) is 14.0. The molecule has 0 spiro atoms. The Morgan fingerprint density at radius 3 is 2.83 bits per heavy atom. The topological polar surface area (TPSA) is 64.3 Å². The molecule has 2 aromatic heterocycles. The molecule has 1 atom stereocenters. The number of halogens is 1. The monoisotopic (exact) mass is 430 g/mol. The number of aromatic nitrogens is 2. The van der Waals surface area contributed by atoms with Crippen molar-refractivity contribution in [3.8, 4) is 5.75 Å². The van der Waals surface area contributed by atoms with E-state index in [4.69, 9.17) is 27.1 Å². The van der Waals surface area contributed by atoms with Gasteiger partial charge in [-0.15, -0.1) is 11.3 Å². The molecule has 0 unspecified atom stereocenters. The summed E-state index contributed by atoms with van der Waals surface area (Å²) in [6.07, 6.45) is 4.24. The Balaban J connectivity index is 1.33. The zero-order valence-corrected chi connectivity index (χ0v) is 18.5. The third-order valence-electron chi connectivity index (χ3n) is 5.50. The van der Waals surface area contributed by atoms with Crippen LogP contribution in [0.1, 0.15) is 29.6 Å². The van der Waals surface area contributed by atoms with E-state index in [-0.39, 0.29) is 0 Å². The number of ether oxygens (including phenoxy) is 1. The second-order valence-corrected chi connectivity index (χ2v) is 9.43. The lowest BCUT2D eigenvalue weighted by Gasteiger charge is -2.18. The van der Waals surface area contributed by atoms with E-state index in [1.165, 1.54) is 16.9 Å². The average Bonchev–Trinajstić information content (AvgIpc) is 3.05. The van der Waals surface area contributed by atoms with Gasteiger partial charge in [-0.05, 0) is 62.1 Å². The van der Waals surface area contributed by atoms with Gasteiger partial charge in [0.15, 0.2) is 0 Å². The molecule has 0 saturated heterocycles. The molecule has 7 heteroatoms. The molecule has 0 amide bonds. The standard InChI is InChI=1S/C22H27ClN4OS/c1-14-3-8-17-18(13-14)29-22-20(17)21(24)25-19(26-22)9-10-27(2)11-12-28-16-6-4-15(23)5-7-16/h4-7,14H,3,8-13H2,1-2H3,(H2,24,25,26)/t14-/m0/s1. The first-order valence-electron chi connectivity index (χ1n) is 10.1. The summed E-state index contributed by atoms with van der Waals surface area (Å²) >= 11 is 7.70. The van der Waals surface area contributed by atoms with Crippen molar-refractivity contribution in [1.82, 2.24) is 14.9 Å². The van der Waals surface area contributed by atoms with Crippen molar-refractivity contribution in [2.24, 2.45) is 5.92 Å². The molecule has 0 bridgehead atoms. The van der Waals surface area contributed by atoms with Gasteiger partial charge in [-0.25, -0.2) is 9.97 Å². The van der Waals surface area contributed by atoms with Crippen LogP contribution in [0.3, 0.4) is 0 Å². The van der Waals surface area contributed by atoms with Crippen LogP contribution in [0.4, 0.5) is 5.82 Å². The van der Waals surface area contributed by atoms with Crippen LogP contribution in [0.25, 0.3) is 10.2 Å². The van der Waals surface area contributed by atoms with Gasteiger partial charge in [0.05, 0.1) is 5.39 Å². The molecule has 5 nitrogen and oxygen atoms in total. The van der Waals surface area contributed by atoms with Gasteiger partial charge in [0, 0.05) is 29.4 Å². The number of nitrogen functional groups attached to an aromatic ring is 1. The molecule has 0 radical (unpaired) electrons. The number of nitrogens with zero attached hydrogens (tertiary/aromatic N) is 3. The van der Waals surface area contributed by atoms with Gasteiger partial charge in [0.25, 0.3) is 0 Å². The Hall–Kier alpha value is -1.89. The maximum atomic E-state index is 6.33. The first-order valence-corrected chi connectivity index (χ1v) is 11.3. The predicted molar refractivity (Wildman–Crippen MR) is 121 cm³/mol. The fraction of sp³-hybridized carbons (Fsp3) is 0.455. The van der Waals surface area contributed by atoms with E-state index < -0.39 is 0 Å². The molecule has 154 valence electrons. The van der Waals surface area contributed by atoms with Crippen LogP contribution < -0.4 is 10.5 Å². The van der Waals surface area contributed by atoms with E-state index in [1.54, 1.807) is 11.3 Å². The highest BCUT2D eigenvalue weighted by molar-refractivity contribution is 7.19.